The molecule has 8 atom stereocenters. The number of nitrogens with zero attached hydrogens (tertiary/aromatic N) is 2. The van der Waals surface area contributed by atoms with Gasteiger partial charge in [0.25, 0.3) is 0 Å². The number of carbonyl (C=O) groups is 3. The zero-order chi connectivity index (χ0) is 36.6. The van der Waals surface area contributed by atoms with Gasteiger partial charge in [-0.25, -0.2) is 0 Å². The molecule has 0 radical (unpaired) electrons. The number of amides is 1. The summed E-state index contributed by atoms with van der Waals surface area (Å²) in [5, 5.41) is 14.9. The van der Waals surface area contributed by atoms with E-state index in [4.69, 9.17) is 9.47 Å². The fourth-order valence-electron chi connectivity index (χ4n) is 9.89. The van der Waals surface area contributed by atoms with E-state index in [1.54, 1.807) is 7.11 Å². The van der Waals surface area contributed by atoms with Crippen LogP contribution in [0.5, 0.6) is 5.75 Å². The number of nitrogens with one attached hydrogen (secondary N) is 1. The quantitative estimate of drug-likeness (QED) is 0.163. The van der Waals surface area contributed by atoms with Crippen LogP contribution in [0.25, 0.3) is 0 Å². The standard InChI is InChI=1S/C41H55N3O6S/c1-7-39(4)24-34(40(5)27(2)15-17-41(28(3)38(39)48)18-16-32(45)37(40)41)50-36(47)26-51-33-14-9-8-13-31(33)42-35(46)25-43-19-21-44(22-20-43)29-11-10-12-30(23-29)49-6/h7-14,23,27-28,34,37-38,48H,1,15-22,24-26H2,2-6H3,(H,42,46)/t27-,28+,34-,37+,38+,39-,40+,41+/m1/s1. The predicted octanol–water partition coefficient (Wildman–Crippen LogP) is 6.45. The number of carbonyl (C=O) groups excluding carboxylic acids is 3. The molecule has 3 aliphatic carbocycles. The molecule has 6 rings (SSSR count). The van der Waals surface area contributed by atoms with Crippen LogP contribution in [-0.2, 0) is 19.1 Å². The van der Waals surface area contributed by atoms with Gasteiger partial charge < -0.3 is 24.8 Å². The molecule has 2 bridgehead atoms. The maximum absolute atomic E-state index is 13.7. The van der Waals surface area contributed by atoms with Gasteiger partial charge in [0.2, 0.25) is 5.91 Å². The number of aliphatic hydroxyl groups is 1. The first-order chi connectivity index (χ1) is 24.3. The third-order valence-corrected chi connectivity index (χ3v) is 14.3. The Balaban J connectivity index is 1.10. The van der Waals surface area contributed by atoms with Crippen molar-refractivity contribution < 1.29 is 29.0 Å². The van der Waals surface area contributed by atoms with E-state index >= 15 is 0 Å². The summed E-state index contributed by atoms with van der Waals surface area (Å²) in [6.07, 6.45) is 4.05. The molecular formula is C41H55N3O6S. The fourth-order valence-corrected chi connectivity index (χ4v) is 10.7. The topological polar surface area (TPSA) is 108 Å². The van der Waals surface area contributed by atoms with Gasteiger partial charge in [0, 0.05) is 66.0 Å². The van der Waals surface area contributed by atoms with Crippen molar-refractivity contribution in [3.8, 4) is 5.75 Å². The van der Waals surface area contributed by atoms with Crippen molar-refractivity contribution in [3.63, 3.8) is 0 Å². The molecule has 2 N–H and O–H groups in total. The van der Waals surface area contributed by atoms with Crippen LogP contribution in [0.3, 0.4) is 0 Å². The SMILES string of the molecule is C=C[C@]1(C)C[C@@H](OC(=O)CSc2ccccc2NC(=O)CN2CCN(c3cccc(OC)c3)CC2)[C@]2(C)[C@H](C)CC[C@]3(CCC(=O)[C@H]32)[C@@H](C)[C@@H]1O. The summed E-state index contributed by atoms with van der Waals surface area (Å²) >= 11 is 1.33. The van der Waals surface area contributed by atoms with E-state index in [9.17, 15) is 19.5 Å². The molecule has 1 saturated heterocycles. The van der Waals surface area contributed by atoms with E-state index in [-0.39, 0.29) is 53.1 Å². The maximum atomic E-state index is 13.7. The number of para-hydroxylation sites is 1. The molecule has 0 unspecified atom stereocenters. The first-order valence-corrected chi connectivity index (χ1v) is 19.5. The van der Waals surface area contributed by atoms with E-state index in [1.807, 2.05) is 55.5 Å². The van der Waals surface area contributed by atoms with Crippen molar-refractivity contribution >= 4 is 40.8 Å². The lowest BCUT2D eigenvalue weighted by Crippen LogP contribution is -2.63. The maximum Gasteiger partial charge on any atom is 0.316 e. The van der Waals surface area contributed by atoms with Crippen LogP contribution in [0.2, 0.25) is 0 Å². The van der Waals surface area contributed by atoms with Gasteiger partial charge in [-0.3, -0.25) is 19.3 Å². The number of Topliss-reactive ketones (excluding diaryl/α,β-unsaturated/α-hetero) is 1. The van der Waals surface area contributed by atoms with Crippen molar-refractivity contribution in [2.45, 2.75) is 76.9 Å². The van der Waals surface area contributed by atoms with Gasteiger partial charge >= 0.3 is 5.97 Å². The zero-order valence-electron chi connectivity index (χ0n) is 30.9. The highest BCUT2D eigenvalue weighted by atomic mass is 32.2. The number of esters is 1. The van der Waals surface area contributed by atoms with Gasteiger partial charge in [0.1, 0.15) is 17.6 Å². The van der Waals surface area contributed by atoms with Crippen molar-refractivity contribution in [1.29, 1.82) is 0 Å². The molecule has 3 saturated carbocycles. The summed E-state index contributed by atoms with van der Waals surface area (Å²) in [4.78, 5) is 45.9. The van der Waals surface area contributed by atoms with E-state index in [1.165, 1.54) is 11.8 Å². The van der Waals surface area contributed by atoms with Crippen LogP contribution < -0.4 is 15.0 Å². The highest BCUT2D eigenvalue weighted by Gasteiger charge is 2.68. The number of ether oxygens (including phenoxy) is 2. The number of piperazine rings is 1. The van der Waals surface area contributed by atoms with Gasteiger partial charge in [-0.2, -0.15) is 0 Å². The molecule has 1 heterocycles. The van der Waals surface area contributed by atoms with Crippen molar-refractivity contribution in [2.24, 2.45) is 34.0 Å². The Bertz CT molecular complexity index is 1630. The Morgan fingerprint density at radius 1 is 1.08 bits per heavy atom. The van der Waals surface area contributed by atoms with Crippen LogP contribution in [-0.4, -0.2) is 85.5 Å². The lowest BCUT2D eigenvalue weighted by molar-refractivity contribution is -0.205. The Morgan fingerprint density at radius 3 is 2.55 bits per heavy atom. The molecule has 10 heteroatoms. The van der Waals surface area contributed by atoms with Crippen LogP contribution in [0.1, 0.15) is 59.8 Å². The minimum absolute atomic E-state index is 0.0492. The van der Waals surface area contributed by atoms with E-state index < -0.39 is 23.0 Å². The molecule has 4 fully saturated rings. The van der Waals surface area contributed by atoms with Gasteiger partial charge in [-0.15, -0.1) is 18.3 Å². The van der Waals surface area contributed by atoms with Gasteiger partial charge in [-0.1, -0.05) is 52.0 Å². The second-order valence-electron chi connectivity index (χ2n) is 15.9. The summed E-state index contributed by atoms with van der Waals surface area (Å²) in [6, 6.07) is 15.6. The molecule has 0 spiro atoms. The Kier molecular flexibility index (Phi) is 11.0. The summed E-state index contributed by atoms with van der Waals surface area (Å²) in [6.45, 7) is 16.0. The third kappa shape index (κ3) is 7.08. The van der Waals surface area contributed by atoms with E-state index in [0.717, 1.165) is 61.8 Å². The van der Waals surface area contributed by atoms with Crippen molar-refractivity contribution in [3.05, 3.63) is 61.2 Å². The minimum atomic E-state index is -0.704. The van der Waals surface area contributed by atoms with Crippen LogP contribution in [0.4, 0.5) is 11.4 Å². The summed E-state index contributed by atoms with van der Waals surface area (Å²) in [5.41, 5.74) is 0.213. The smallest absolute Gasteiger partial charge is 0.316 e. The van der Waals surface area contributed by atoms with E-state index in [0.29, 0.717) is 18.5 Å². The highest BCUT2D eigenvalue weighted by Crippen LogP contribution is 2.68. The lowest BCUT2D eigenvalue weighted by Gasteiger charge is -2.61. The Labute approximate surface area is 307 Å². The van der Waals surface area contributed by atoms with Crippen LogP contribution in [0.15, 0.2) is 66.1 Å². The van der Waals surface area contributed by atoms with Crippen LogP contribution >= 0.6 is 11.8 Å². The Hall–Kier alpha value is -3.34. The summed E-state index contributed by atoms with van der Waals surface area (Å²) in [7, 11) is 1.67. The number of aliphatic hydroxyl groups excluding tert-OH is 1. The monoisotopic (exact) mass is 717 g/mol. The molecule has 276 valence electrons. The molecule has 2 aromatic rings. The number of anilines is 2. The normalized spacial score (nSPS) is 33.8. The number of hydrogen-bond donors (Lipinski definition) is 2. The average Bonchev–Trinajstić information content (AvgIpc) is 3.49. The molecule has 51 heavy (non-hydrogen) atoms. The molecule has 4 aliphatic rings. The molecule has 1 amide bonds. The predicted molar refractivity (Wildman–Crippen MR) is 202 cm³/mol. The average molecular weight is 718 g/mol. The number of thioether (sulfide) groups is 1. The van der Waals surface area contributed by atoms with E-state index in [2.05, 4.69) is 48.5 Å². The largest absolute Gasteiger partial charge is 0.497 e. The molecule has 0 aromatic heterocycles. The second kappa shape index (κ2) is 15.0. The van der Waals surface area contributed by atoms with Gasteiger partial charge in [0.05, 0.1) is 31.2 Å². The first-order valence-electron chi connectivity index (χ1n) is 18.5. The lowest BCUT2D eigenvalue weighted by atomic mass is 9.44. The molecular weight excluding hydrogens is 663 g/mol. The number of rotatable bonds is 10. The van der Waals surface area contributed by atoms with Gasteiger partial charge in [-0.05, 0) is 67.2 Å². The van der Waals surface area contributed by atoms with Crippen molar-refractivity contribution in [2.75, 3.05) is 55.8 Å². The number of ketones is 1. The molecule has 9 nitrogen and oxygen atoms in total. The fraction of sp³-hybridized carbons (Fsp3) is 0.585. The summed E-state index contributed by atoms with van der Waals surface area (Å²) < 4.78 is 11.8. The second-order valence-corrected chi connectivity index (χ2v) is 16.9. The van der Waals surface area contributed by atoms with Crippen molar-refractivity contribution in [1.82, 2.24) is 4.90 Å². The number of hydrogen-bond acceptors (Lipinski definition) is 9. The highest BCUT2D eigenvalue weighted by molar-refractivity contribution is 8.00. The number of methoxy groups -OCH3 is 1. The molecule has 1 aliphatic heterocycles. The summed E-state index contributed by atoms with van der Waals surface area (Å²) in [5.74, 6) is 0.469. The molecule has 2 aromatic carbocycles. The zero-order valence-corrected chi connectivity index (χ0v) is 31.7. The van der Waals surface area contributed by atoms with Crippen LogP contribution in [0, 0.1) is 34.0 Å². The van der Waals surface area contributed by atoms with Gasteiger partial charge in [0.15, 0.2) is 0 Å². The Morgan fingerprint density at radius 2 is 1.82 bits per heavy atom. The first kappa shape index (κ1) is 37.4. The minimum Gasteiger partial charge on any atom is -0.497 e. The third-order valence-electron chi connectivity index (χ3n) is 13.2. The number of benzene rings is 2.